The van der Waals surface area contributed by atoms with Gasteiger partial charge < -0.3 is 4.90 Å². The normalized spacial score (nSPS) is 17.9. The SMILES string of the molecule is N#Cc1ccc(N2CCCC2Cc2ccccc2)cn1. The Morgan fingerprint density at radius 3 is 2.75 bits per heavy atom. The van der Waals surface area contributed by atoms with E-state index in [1.54, 1.807) is 6.07 Å². The molecule has 1 fully saturated rings. The van der Waals surface area contributed by atoms with Gasteiger partial charge in [-0.15, -0.1) is 0 Å². The molecule has 1 saturated heterocycles. The monoisotopic (exact) mass is 263 g/mol. The summed E-state index contributed by atoms with van der Waals surface area (Å²) >= 11 is 0. The zero-order chi connectivity index (χ0) is 13.8. The first kappa shape index (κ1) is 12.7. The molecule has 100 valence electrons. The molecule has 20 heavy (non-hydrogen) atoms. The summed E-state index contributed by atoms with van der Waals surface area (Å²) in [4.78, 5) is 6.60. The van der Waals surface area contributed by atoms with Crippen molar-refractivity contribution in [3.05, 3.63) is 59.9 Å². The quantitative estimate of drug-likeness (QED) is 0.854. The van der Waals surface area contributed by atoms with E-state index in [4.69, 9.17) is 5.26 Å². The predicted molar refractivity (Wildman–Crippen MR) is 79.5 cm³/mol. The average Bonchev–Trinajstić information content (AvgIpc) is 2.96. The summed E-state index contributed by atoms with van der Waals surface area (Å²) in [5.74, 6) is 0. The van der Waals surface area contributed by atoms with Crippen LogP contribution in [0.3, 0.4) is 0 Å². The number of hydrogen-bond acceptors (Lipinski definition) is 3. The average molecular weight is 263 g/mol. The molecule has 0 amide bonds. The lowest BCUT2D eigenvalue weighted by molar-refractivity contribution is 0.663. The molecule has 0 bridgehead atoms. The van der Waals surface area contributed by atoms with Crippen LogP contribution < -0.4 is 4.90 Å². The molecular weight excluding hydrogens is 246 g/mol. The molecule has 1 aromatic carbocycles. The van der Waals surface area contributed by atoms with Gasteiger partial charge in [0.15, 0.2) is 0 Å². The van der Waals surface area contributed by atoms with Crippen LogP contribution in [0.1, 0.15) is 24.1 Å². The molecule has 0 aliphatic carbocycles. The Morgan fingerprint density at radius 2 is 2.05 bits per heavy atom. The smallest absolute Gasteiger partial charge is 0.140 e. The highest BCUT2D eigenvalue weighted by Crippen LogP contribution is 2.27. The molecule has 2 heterocycles. The highest BCUT2D eigenvalue weighted by Gasteiger charge is 2.24. The minimum atomic E-state index is 0.479. The van der Waals surface area contributed by atoms with Gasteiger partial charge in [-0.25, -0.2) is 4.98 Å². The maximum atomic E-state index is 8.81. The van der Waals surface area contributed by atoms with E-state index in [1.165, 1.54) is 18.4 Å². The molecule has 3 nitrogen and oxygen atoms in total. The lowest BCUT2D eigenvalue weighted by atomic mass is 10.0. The van der Waals surface area contributed by atoms with Gasteiger partial charge in [0.1, 0.15) is 11.8 Å². The number of aromatic nitrogens is 1. The van der Waals surface area contributed by atoms with Crippen LogP contribution in [0, 0.1) is 11.3 Å². The van der Waals surface area contributed by atoms with Crippen molar-refractivity contribution in [3.8, 4) is 6.07 Å². The van der Waals surface area contributed by atoms with E-state index in [0.717, 1.165) is 18.7 Å². The summed E-state index contributed by atoms with van der Waals surface area (Å²) in [5, 5.41) is 8.81. The minimum Gasteiger partial charge on any atom is -0.367 e. The number of anilines is 1. The van der Waals surface area contributed by atoms with E-state index in [2.05, 4.69) is 46.3 Å². The molecule has 0 N–H and O–H groups in total. The fourth-order valence-electron chi connectivity index (χ4n) is 2.90. The number of rotatable bonds is 3. The fraction of sp³-hybridized carbons (Fsp3) is 0.294. The number of hydrogen-bond donors (Lipinski definition) is 0. The zero-order valence-electron chi connectivity index (χ0n) is 11.4. The summed E-state index contributed by atoms with van der Waals surface area (Å²) in [6.07, 6.45) is 5.33. The number of pyridine rings is 1. The Kier molecular flexibility index (Phi) is 3.64. The van der Waals surface area contributed by atoms with Crippen molar-refractivity contribution in [2.45, 2.75) is 25.3 Å². The summed E-state index contributed by atoms with van der Waals surface area (Å²) in [7, 11) is 0. The van der Waals surface area contributed by atoms with Crippen LogP contribution in [-0.2, 0) is 6.42 Å². The maximum absolute atomic E-state index is 8.81. The van der Waals surface area contributed by atoms with Gasteiger partial charge in [-0.3, -0.25) is 0 Å². The number of benzene rings is 1. The van der Waals surface area contributed by atoms with Crippen molar-refractivity contribution >= 4 is 5.69 Å². The molecule has 1 atom stereocenters. The Morgan fingerprint density at radius 1 is 1.20 bits per heavy atom. The Balaban J connectivity index is 1.76. The third kappa shape index (κ3) is 2.65. The molecule has 0 saturated carbocycles. The van der Waals surface area contributed by atoms with E-state index in [0.29, 0.717) is 11.7 Å². The van der Waals surface area contributed by atoms with Gasteiger partial charge >= 0.3 is 0 Å². The standard InChI is InChI=1S/C17H17N3/c18-12-15-8-9-17(13-19-15)20-10-4-7-16(20)11-14-5-2-1-3-6-14/h1-3,5-6,8-9,13,16H,4,7,10-11H2. The third-order valence-corrected chi connectivity index (χ3v) is 3.89. The highest BCUT2D eigenvalue weighted by atomic mass is 15.2. The second-order valence-corrected chi connectivity index (χ2v) is 5.19. The molecular formula is C17H17N3. The van der Waals surface area contributed by atoms with Crippen LogP contribution >= 0.6 is 0 Å². The second kappa shape index (κ2) is 5.75. The van der Waals surface area contributed by atoms with Crippen LogP contribution in [0.4, 0.5) is 5.69 Å². The summed E-state index contributed by atoms with van der Waals surface area (Å²) in [5.41, 5.74) is 2.99. The van der Waals surface area contributed by atoms with E-state index < -0.39 is 0 Å². The van der Waals surface area contributed by atoms with Gasteiger partial charge in [-0.05, 0) is 37.0 Å². The van der Waals surface area contributed by atoms with Crippen molar-refractivity contribution in [3.63, 3.8) is 0 Å². The molecule has 1 aliphatic heterocycles. The van der Waals surface area contributed by atoms with E-state index >= 15 is 0 Å². The molecule has 3 heteroatoms. The van der Waals surface area contributed by atoms with Gasteiger partial charge in [-0.1, -0.05) is 30.3 Å². The van der Waals surface area contributed by atoms with Gasteiger partial charge in [0.05, 0.1) is 11.9 Å². The maximum Gasteiger partial charge on any atom is 0.140 e. The Bertz CT molecular complexity index is 598. The molecule has 2 aromatic rings. The van der Waals surface area contributed by atoms with Crippen LogP contribution in [0.15, 0.2) is 48.7 Å². The first-order valence-corrected chi connectivity index (χ1v) is 7.03. The largest absolute Gasteiger partial charge is 0.367 e. The lowest BCUT2D eigenvalue weighted by Gasteiger charge is -2.26. The molecule has 0 spiro atoms. The van der Waals surface area contributed by atoms with Crippen molar-refractivity contribution < 1.29 is 0 Å². The van der Waals surface area contributed by atoms with E-state index in [-0.39, 0.29) is 0 Å². The fourth-order valence-corrected chi connectivity index (χ4v) is 2.90. The lowest BCUT2D eigenvalue weighted by Crippen LogP contribution is -2.31. The molecule has 1 unspecified atom stereocenters. The summed E-state index contributed by atoms with van der Waals surface area (Å²) in [6.45, 7) is 1.07. The van der Waals surface area contributed by atoms with Crippen LogP contribution in [0.25, 0.3) is 0 Å². The third-order valence-electron chi connectivity index (χ3n) is 3.89. The highest BCUT2D eigenvalue weighted by molar-refractivity contribution is 5.48. The number of nitriles is 1. The predicted octanol–water partition coefficient (Wildman–Crippen LogP) is 3.16. The van der Waals surface area contributed by atoms with Crippen molar-refractivity contribution in [1.82, 2.24) is 4.98 Å². The molecule has 0 radical (unpaired) electrons. The zero-order valence-corrected chi connectivity index (χ0v) is 11.4. The van der Waals surface area contributed by atoms with Crippen LogP contribution in [-0.4, -0.2) is 17.6 Å². The topological polar surface area (TPSA) is 39.9 Å². The summed E-state index contributed by atoms with van der Waals surface area (Å²) < 4.78 is 0. The van der Waals surface area contributed by atoms with Gasteiger partial charge in [0, 0.05) is 12.6 Å². The van der Waals surface area contributed by atoms with Crippen molar-refractivity contribution in [1.29, 1.82) is 5.26 Å². The second-order valence-electron chi connectivity index (χ2n) is 5.19. The van der Waals surface area contributed by atoms with Gasteiger partial charge in [-0.2, -0.15) is 5.26 Å². The van der Waals surface area contributed by atoms with Crippen LogP contribution in [0.5, 0.6) is 0 Å². The minimum absolute atomic E-state index is 0.479. The van der Waals surface area contributed by atoms with Crippen molar-refractivity contribution in [2.24, 2.45) is 0 Å². The van der Waals surface area contributed by atoms with Crippen molar-refractivity contribution in [2.75, 3.05) is 11.4 Å². The summed E-state index contributed by atoms with van der Waals surface area (Å²) in [6, 6.07) is 17.0. The Labute approximate surface area is 119 Å². The van der Waals surface area contributed by atoms with Crippen LogP contribution in [0.2, 0.25) is 0 Å². The number of nitrogens with zero attached hydrogens (tertiary/aromatic N) is 3. The van der Waals surface area contributed by atoms with Gasteiger partial charge in [0.25, 0.3) is 0 Å². The molecule has 1 aromatic heterocycles. The first-order valence-electron chi connectivity index (χ1n) is 7.03. The van der Waals surface area contributed by atoms with E-state index in [9.17, 15) is 0 Å². The first-order chi connectivity index (χ1) is 9.86. The van der Waals surface area contributed by atoms with E-state index in [1.807, 2.05) is 12.3 Å². The molecule has 3 rings (SSSR count). The Hall–Kier alpha value is -2.34. The van der Waals surface area contributed by atoms with Gasteiger partial charge in [0.2, 0.25) is 0 Å². The molecule has 1 aliphatic rings.